The number of aliphatic hydroxyl groups is 1. The van der Waals surface area contributed by atoms with E-state index in [2.05, 4.69) is 24.0 Å². The molecule has 2 aromatic rings. The third-order valence-corrected chi connectivity index (χ3v) is 6.10. The van der Waals surface area contributed by atoms with Crippen molar-refractivity contribution in [2.45, 2.75) is 38.5 Å². The summed E-state index contributed by atoms with van der Waals surface area (Å²) in [6, 6.07) is 5.57. The molecule has 3 nitrogen and oxygen atoms in total. The van der Waals surface area contributed by atoms with E-state index in [1.165, 1.54) is 18.2 Å². The van der Waals surface area contributed by atoms with Crippen LogP contribution in [0.1, 0.15) is 49.8 Å². The number of rotatable bonds is 2. The largest absolute Gasteiger partial charge is 0.396 e. The molecule has 1 aromatic heterocycles. The van der Waals surface area contributed by atoms with Gasteiger partial charge in [-0.25, -0.2) is 8.78 Å². The molecule has 2 bridgehead atoms. The average molecular weight is 330 g/mol. The van der Waals surface area contributed by atoms with Gasteiger partial charge in [0.05, 0.1) is 23.6 Å². The first-order chi connectivity index (χ1) is 11.4. The molecule has 2 aliphatic carbocycles. The highest BCUT2D eigenvalue weighted by atomic mass is 19.1. The molecule has 1 N–H and O–H groups in total. The van der Waals surface area contributed by atoms with Crippen molar-refractivity contribution in [3.05, 3.63) is 47.2 Å². The Balaban J connectivity index is 1.90. The predicted octanol–water partition coefficient (Wildman–Crippen LogP) is 4.03. The molecular formula is C19H20F2N2O. The van der Waals surface area contributed by atoms with E-state index in [0.717, 1.165) is 24.1 Å². The minimum absolute atomic E-state index is 0.0237. The van der Waals surface area contributed by atoms with Gasteiger partial charge in [-0.2, -0.15) is 10.2 Å². The van der Waals surface area contributed by atoms with Crippen molar-refractivity contribution in [1.29, 1.82) is 0 Å². The lowest BCUT2D eigenvalue weighted by Gasteiger charge is -2.42. The monoisotopic (exact) mass is 330 g/mol. The third kappa shape index (κ3) is 2.04. The Hall–Kier alpha value is -1.88. The lowest BCUT2D eigenvalue weighted by molar-refractivity contribution is 0.127. The normalized spacial score (nSPS) is 27.1. The molecule has 0 aliphatic heterocycles. The molecule has 24 heavy (non-hydrogen) atoms. The first kappa shape index (κ1) is 15.6. The minimum Gasteiger partial charge on any atom is -0.396 e. The highest BCUT2D eigenvalue weighted by Crippen LogP contribution is 2.61. The van der Waals surface area contributed by atoms with Gasteiger partial charge in [0.1, 0.15) is 11.6 Å². The standard InChI is InChI=1S/C19H20F2N2O/c1-19(2)12-6-7-13(19)11(9-24)18-10(12)8-16(22-23-18)17-14(20)4-3-5-15(17)21/h3-5,8,11-13,24H,6-7,9H2,1-2H3/t11?,12-,13?/m0/s1. The molecule has 2 unspecified atom stereocenters. The number of halogens is 2. The summed E-state index contributed by atoms with van der Waals surface area (Å²) in [6.07, 6.45) is 2.04. The lowest BCUT2D eigenvalue weighted by atomic mass is 9.62. The van der Waals surface area contributed by atoms with E-state index in [4.69, 9.17) is 0 Å². The van der Waals surface area contributed by atoms with Gasteiger partial charge in [0.2, 0.25) is 0 Å². The summed E-state index contributed by atoms with van der Waals surface area (Å²) in [4.78, 5) is 0. The molecule has 1 fully saturated rings. The molecule has 1 heterocycles. The van der Waals surface area contributed by atoms with Gasteiger partial charge in [0.25, 0.3) is 0 Å². The number of nitrogens with zero attached hydrogens (tertiary/aromatic N) is 2. The molecule has 0 radical (unpaired) electrons. The summed E-state index contributed by atoms with van der Waals surface area (Å²) < 4.78 is 28.2. The number of aromatic nitrogens is 2. The van der Waals surface area contributed by atoms with Gasteiger partial charge < -0.3 is 5.11 Å². The summed E-state index contributed by atoms with van der Waals surface area (Å²) in [6.45, 7) is 4.45. The zero-order chi connectivity index (χ0) is 17.1. The van der Waals surface area contributed by atoms with Gasteiger partial charge in [-0.3, -0.25) is 0 Å². The molecule has 5 heteroatoms. The van der Waals surface area contributed by atoms with Crippen molar-refractivity contribution in [3.63, 3.8) is 0 Å². The SMILES string of the molecule is CC1(C)C2CC[C@H]1c1cc(-c3c(F)cccc3F)nnc1C2CO. The highest BCUT2D eigenvalue weighted by Gasteiger charge is 2.52. The van der Waals surface area contributed by atoms with Gasteiger partial charge in [-0.15, -0.1) is 0 Å². The van der Waals surface area contributed by atoms with Crippen molar-refractivity contribution in [1.82, 2.24) is 10.2 Å². The van der Waals surface area contributed by atoms with E-state index in [-0.39, 0.29) is 35.1 Å². The molecule has 0 amide bonds. The van der Waals surface area contributed by atoms with Crippen LogP contribution in [0.4, 0.5) is 8.78 Å². The topological polar surface area (TPSA) is 46.0 Å². The molecule has 2 aliphatic rings. The van der Waals surface area contributed by atoms with E-state index >= 15 is 0 Å². The number of hydrogen-bond donors (Lipinski definition) is 1. The first-order valence-corrected chi connectivity index (χ1v) is 8.38. The van der Waals surface area contributed by atoms with Gasteiger partial charge in [0.15, 0.2) is 0 Å². The predicted molar refractivity (Wildman–Crippen MR) is 86.5 cm³/mol. The van der Waals surface area contributed by atoms with Crippen LogP contribution < -0.4 is 0 Å². The van der Waals surface area contributed by atoms with Gasteiger partial charge >= 0.3 is 0 Å². The fraction of sp³-hybridized carbons (Fsp3) is 0.474. The van der Waals surface area contributed by atoms with Gasteiger partial charge in [0, 0.05) is 5.92 Å². The molecule has 3 atom stereocenters. The van der Waals surface area contributed by atoms with Crippen molar-refractivity contribution in [2.75, 3.05) is 6.61 Å². The van der Waals surface area contributed by atoms with Crippen LogP contribution >= 0.6 is 0 Å². The fourth-order valence-corrected chi connectivity index (χ4v) is 4.88. The van der Waals surface area contributed by atoms with E-state index in [0.29, 0.717) is 5.92 Å². The molecule has 1 saturated carbocycles. The van der Waals surface area contributed by atoms with Crippen LogP contribution in [-0.2, 0) is 0 Å². The lowest BCUT2D eigenvalue weighted by Crippen LogP contribution is -2.36. The maximum absolute atomic E-state index is 14.1. The first-order valence-electron chi connectivity index (χ1n) is 8.38. The fourth-order valence-electron chi connectivity index (χ4n) is 4.88. The van der Waals surface area contributed by atoms with Crippen LogP contribution in [0, 0.1) is 23.0 Å². The minimum atomic E-state index is -0.637. The Kier molecular flexibility index (Phi) is 3.46. The van der Waals surface area contributed by atoms with Crippen LogP contribution in [-0.4, -0.2) is 21.9 Å². The van der Waals surface area contributed by atoms with Crippen LogP contribution in [0.5, 0.6) is 0 Å². The van der Waals surface area contributed by atoms with E-state index in [9.17, 15) is 13.9 Å². The molecule has 4 rings (SSSR count). The Morgan fingerprint density at radius 2 is 1.88 bits per heavy atom. The molecule has 126 valence electrons. The zero-order valence-electron chi connectivity index (χ0n) is 13.8. The second kappa shape index (κ2) is 5.31. The molecule has 0 saturated heterocycles. The molecule has 0 spiro atoms. The summed E-state index contributed by atoms with van der Waals surface area (Å²) in [5.74, 6) is -0.680. The average Bonchev–Trinajstić information content (AvgIpc) is 2.75. The van der Waals surface area contributed by atoms with E-state index in [1.54, 1.807) is 6.07 Å². The van der Waals surface area contributed by atoms with Crippen LogP contribution in [0.25, 0.3) is 11.3 Å². The maximum Gasteiger partial charge on any atom is 0.135 e. The van der Waals surface area contributed by atoms with Crippen LogP contribution in [0.2, 0.25) is 0 Å². The maximum atomic E-state index is 14.1. The highest BCUT2D eigenvalue weighted by molar-refractivity contribution is 5.62. The van der Waals surface area contributed by atoms with Gasteiger partial charge in [-0.05, 0) is 53.9 Å². The van der Waals surface area contributed by atoms with Crippen molar-refractivity contribution >= 4 is 0 Å². The number of benzene rings is 1. The number of aliphatic hydroxyl groups excluding tert-OH is 1. The van der Waals surface area contributed by atoms with Crippen LogP contribution in [0.15, 0.2) is 24.3 Å². The summed E-state index contributed by atoms with van der Waals surface area (Å²) >= 11 is 0. The second-order valence-corrected chi connectivity index (χ2v) is 7.51. The second-order valence-electron chi connectivity index (χ2n) is 7.51. The summed E-state index contributed by atoms with van der Waals surface area (Å²) in [5.41, 5.74) is 1.91. The number of fused-ring (bicyclic) bond motifs is 4. The van der Waals surface area contributed by atoms with E-state index in [1.807, 2.05) is 0 Å². The number of hydrogen-bond acceptors (Lipinski definition) is 3. The van der Waals surface area contributed by atoms with E-state index < -0.39 is 11.6 Å². The van der Waals surface area contributed by atoms with Crippen LogP contribution in [0.3, 0.4) is 0 Å². The Bertz CT molecular complexity index is 786. The summed E-state index contributed by atoms with van der Waals surface area (Å²) in [7, 11) is 0. The van der Waals surface area contributed by atoms with Crippen molar-refractivity contribution < 1.29 is 13.9 Å². The Labute approximate surface area is 139 Å². The smallest absolute Gasteiger partial charge is 0.135 e. The summed E-state index contributed by atoms with van der Waals surface area (Å²) in [5, 5.41) is 18.3. The van der Waals surface area contributed by atoms with Crippen molar-refractivity contribution in [3.8, 4) is 11.3 Å². The van der Waals surface area contributed by atoms with Gasteiger partial charge in [-0.1, -0.05) is 19.9 Å². The Morgan fingerprint density at radius 1 is 1.17 bits per heavy atom. The zero-order valence-corrected chi connectivity index (χ0v) is 13.8. The molecule has 1 aromatic carbocycles. The quantitative estimate of drug-likeness (QED) is 0.904. The molecular weight excluding hydrogens is 310 g/mol. The Morgan fingerprint density at radius 3 is 2.54 bits per heavy atom. The third-order valence-electron chi connectivity index (χ3n) is 6.10. The van der Waals surface area contributed by atoms with Crippen molar-refractivity contribution in [2.24, 2.45) is 11.3 Å².